The molecule has 0 aliphatic heterocycles. The van der Waals surface area contributed by atoms with Gasteiger partial charge in [0, 0.05) is 15.6 Å². The molecular weight excluding hydrogens is 306 g/mol. The van der Waals surface area contributed by atoms with E-state index in [4.69, 9.17) is 16.3 Å². The van der Waals surface area contributed by atoms with Crippen molar-refractivity contribution in [2.24, 2.45) is 0 Å². The molecule has 5 heteroatoms. The van der Waals surface area contributed by atoms with E-state index in [2.05, 4.69) is 5.32 Å². The second-order valence-electron chi connectivity index (χ2n) is 4.48. The molecule has 0 heterocycles. The molecule has 21 heavy (non-hydrogen) atoms. The molecule has 0 aromatic heterocycles. The summed E-state index contributed by atoms with van der Waals surface area (Å²) in [5.41, 5.74) is 1.69. The Hall–Kier alpha value is -1.65. The first-order valence-electron chi connectivity index (χ1n) is 6.41. The van der Waals surface area contributed by atoms with Crippen LogP contribution < -0.4 is 10.1 Å². The van der Waals surface area contributed by atoms with Crippen LogP contribution in [0.25, 0.3) is 0 Å². The Balaban J connectivity index is 1.90. The van der Waals surface area contributed by atoms with Crippen LogP contribution in [0.2, 0.25) is 5.02 Å². The molecule has 0 bridgehead atoms. The lowest BCUT2D eigenvalue weighted by Crippen LogP contribution is -2.20. The molecule has 110 valence electrons. The summed E-state index contributed by atoms with van der Waals surface area (Å²) < 4.78 is 5.46. The molecule has 0 atom stereocenters. The lowest BCUT2D eigenvalue weighted by Gasteiger charge is -2.09. The molecular formula is C16H16ClNO2S. The summed E-state index contributed by atoms with van der Waals surface area (Å²) in [6.45, 7) is 1.85. The number of thioether (sulfide) groups is 1. The van der Waals surface area contributed by atoms with E-state index >= 15 is 0 Å². The largest absolute Gasteiger partial charge is 0.484 e. The fourth-order valence-corrected chi connectivity index (χ4v) is 2.33. The fourth-order valence-electron chi connectivity index (χ4n) is 1.75. The number of aryl methyl sites for hydroxylation is 1. The Bertz CT molecular complexity index is 646. The summed E-state index contributed by atoms with van der Waals surface area (Å²) in [7, 11) is 0. The van der Waals surface area contributed by atoms with E-state index in [0.717, 1.165) is 16.1 Å². The number of rotatable bonds is 5. The van der Waals surface area contributed by atoms with Crippen molar-refractivity contribution in [2.45, 2.75) is 11.8 Å². The zero-order valence-electron chi connectivity index (χ0n) is 11.9. The van der Waals surface area contributed by atoms with Gasteiger partial charge in [-0.1, -0.05) is 17.7 Å². The average molecular weight is 322 g/mol. The van der Waals surface area contributed by atoms with Crippen LogP contribution in [0.1, 0.15) is 5.56 Å². The van der Waals surface area contributed by atoms with Crippen molar-refractivity contribution in [1.82, 2.24) is 0 Å². The maximum absolute atomic E-state index is 11.9. The number of benzene rings is 2. The van der Waals surface area contributed by atoms with Crippen molar-refractivity contribution in [1.29, 1.82) is 0 Å². The molecule has 0 aliphatic carbocycles. The first-order chi connectivity index (χ1) is 10.1. The first-order valence-corrected chi connectivity index (χ1v) is 8.01. The number of nitrogens with one attached hydrogen (secondary N) is 1. The van der Waals surface area contributed by atoms with E-state index in [1.165, 1.54) is 0 Å². The maximum atomic E-state index is 11.9. The van der Waals surface area contributed by atoms with Crippen molar-refractivity contribution < 1.29 is 9.53 Å². The number of carbonyl (C=O) groups is 1. The highest BCUT2D eigenvalue weighted by molar-refractivity contribution is 7.98. The Morgan fingerprint density at radius 1 is 1.29 bits per heavy atom. The van der Waals surface area contributed by atoms with Crippen molar-refractivity contribution in [3.8, 4) is 5.75 Å². The molecule has 0 spiro atoms. The number of carbonyl (C=O) groups excluding carboxylic acids is 1. The number of anilines is 1. The van der Waals surface area contributed by atoms with Gasteiger partial charge in [0.2, 0.25) is 0 Å². The fraction of sp³-hybridized carbons (Fsp3) is 0.188. The summed E-state index contributed by atoms with van der Waals surface area (Å²) in [5.74, 6) is 0.436. The van der Waals surface area contributed by atoms with Crippen molar-refractivity contribution >= 4 is 35.0 Å². The molecule has 0 unspecified atom stereocenters. The SMILES string of the molecule is CSc1cccc(NC(=O)COc2ccc(Cl)c(C)c2)c1. The minimum atomic E-state index is -0.194. The quantitative estimate of drug-likeness (QED) is 0.830. The lowest BCUT2D eigenvalue weighted by atomic mass is 10.2. The Labute approximate surface area is 133 Å². The van der Waals surface area contributed by atoms with Gasteiger partial charge in [0.15, 0.2) is 6.61 Å². The molecule has 2 aromatic rings. The second-order valence-corrected chi connectivity index (χ2v) is 5.77. The molecule has 2 aromatic carbocycles. The van der Waals surface area contributed by atoms with Crippen molar-refractivity contribution in [2.75, 3.05) is 18.2 Å². The van der Waals surface area contributed by atoms with Gasteiger partial charge in [-0.25, -0.2) is 0 Å². The summed E-state index contributed by atoms with van der Waals surface area (Å²) in [4.78, 5) is 13.0. The maximum Gasteiger partial charge on any atom is 0.262 e. The Morgan fingerprint density at radius 2 is 2.10 bits per heavy atom. The van der Waals surface area contributed by atoms with Crippen LogP contribution in [0.15, 0.2) is 47.4 Å². The van der Waals surface area contributed by atoms with Gasteiger partial charge in [0.25, 0.3) is 5.91 Å². The molecule has 0 saturated carbocycles. The van der Waals surface area contributed by atoms with E-state index < -0.39 is 0 Å². The molecule has 3 nitrogen and oxygen atoms in total. The lowest BCUT2D eigenvalue weighted by molar-refractivity contribution is -0.118. The highest BCUT2D eigenvalue weighted by atomic mass is 35.5. The highest BCUT2D eigenvalue weighted by Crippen LogP contribution is 2.21. The van der Waals surface area contributed by atoms with Gasteiger partial charge in [-0.05, 0) is 55.1 Å². The minimum absolute atomic E-state index is 0.0371. The Kier molecular flexibility index (Phi) is 5.53. The van der Waals surface area contributed by atoms with Crippen LogP contribution in [-0.2, 0) is 4.79 Å². The van der Waals surface area contributed by atoms with Gasteiger partial charge in [-0.2, -0.15) is 0 Å². The zero-order valence-corrected chi connectivity index (χ0v) is 13.4. The predicted molar refractivity (Wildman–Crippen MR) is 88.5 cm³/mol. The molecule has 1 amide bonds. The molecule has 0 radical (unpaired) electrons. The third kappa shape index (κ3) is 4.69. The van der Waals surface area contributed by atoms with E-state index in [1.54, 1.807) is 23.9 Å². The van der Waals surface area contributed by atoms with E-state index in [1.807, 2.05) is 43.5 Å². The monoisotopic (exact) mass is 321 g/mol. The van der Waals surface area contributed by atoms with Crippen LogP contribution in [-0.4, -0.2) is 18.8 Å². The molecule has 2 rings (SSSR count). The van der Waals surface area contributed by atoms with Crippen molar-refractivity contribution in [3.05, 3.63) is 53.1 Å². The smallest absolute Gasteiger partial charge is 0.262 e. The first kappa shape index (κ1) is 15.7. The standard InChI is InChI=1S/C16H16ClNO2S/c1-11-8-13(6-7-15(11)17)20-10-16(19)18-12-4-3-5-14(9-12)21-2/h3-9H,10H2,1-2H3,(H,18,19). The number of halogens is 1. The number of amides is 1. The van der Waals surface area contributed by atoms with Gasteiger partial charge in [-0.3, -0.25) is 4.79 Å². The minimum Gasteiger partial charge on any atom is -0.484 e. The van der Waals surface area contributed by atoms with Crippen LogP contribution in [0.3, 0.4) is 0 Å². The normalized spacial score (nSPS) is 10.2. The van der Waals surface area contributed by atoms with E-state index in [-0.39, 0.29) is 12.5 Å². The van der Waals surface area contributed by atoms with Crippen LogP contribution >= 0.6 is 23.4 Å². The molecule has 1 N–H and O–H groups in total. The molecule has 0 aliphatic rings. The second kappa shape index (κ2) is 7.38. The van der Waals surface area contributed by atoms with Crippen LogP contribution in [0.5, 0.6) is 5.75 Å². The molecule has 0 fully saturated rings. The van der Waals surface area contributed by atoms with E-state index in [0.29, 0.717) is 10.8 Å². The van der Waals surface area contributed by atoms with E-state index in [9.17, 15) is 4.79 Å². The summed E-state index contributed by atoms with van der Waals surface area (Å²) in [6, 6.07) is 13.0. The summed E-state index contributed by atoms with van der Waals surface area (Å²) >= 11 is 7.57. The summed E-state index contributed by atoms with van der Waals surface area (Å²) in [5, 5.41) is 3.49. The van der Waals surface area contributed by atoms with Gasteiger partial charge in [0.05, 0.1) is 0 Å². The van der Waals surface area contributed by atoms with Gasteiger partial charge in [0.1, 0.15) is 5.75 Å². The third-order valence-electron chi connectivity index (χ3n) is 2.85. The summed E-state index contributed by atoms with van der Waals surface area (Å²) in [6.07, 6.45) is 1.99. The number of ether oxygens (including phenoxy) is 1. The van der Waals surface area contributed by atoms with Gasteiger partial charge in [-0.15, -0.1) is 11.8 Å². The third-order valence-corrected chi connectivity index (χ3v) is 4.00. The van der Waals surface area contributed by atoms with Crippen LogP contribution in [0.4, 0.5) is 5.69 Å². The predicted octanol–water partition coefficient (Wildman–Crippen LogP) is 4.39. The van der Waals surface area contributed by atoms with Crippen molar-refractivity contribution in [3.63, 3.8) is 0 Å². The number of hydrogen-bond donors (Lipinski definition) is 1. The van der Waals surface area contributed by atoms with Gasteiger partial charge >= 0.3 is 0 Å². The topological polar surface area (TPSA) is 38.3 Å². The zero-order chi connectivity index (χ0) is 15.2. The van der Waals surface area contributed by atoms with Crippen LogP contribution in [0, 0.1) is 6.92 Å². The highest BCUT2D eigenvalue weighted by Gasteiger charge is 2.05. The Morgan fingerprint density at radius 3 is 2.81 bits per heavy atom. The number of hydrogen-bond acceptors (Lipinski definition) is 3. The average Bonchev–Trinajstić information content (AvgIpc) is 2.48. The molecule has 0 saturated heterocycles. The van der Waals surface area contributed by atoms with Gasteiger partial charge < -0.3 is 10.1 Å².